The quantitative estimate of drug-likeness (QED) is 0.855. The monoisotopic (exact) mass is 227 g/mol. The first-order valence-corrected chi connectivity index (χ1v) is 6.35. The van der Waals surface area contributed by atoms with Gasteiger partial charge in [-0.25, -0.2) is 9.97 Å². The Balaban J connectivity index is 1.89. The number of fused-ring (bicyclic) bond motifs is 1. The van der Waals surface area contributed by atoms with Gasteiger partial charge in [0.1, 0.15) is 6.33 Å². The molecule has 88 valence electrons. The van der Waals surface area contributed by atoms with Gasteiger partial charge >= 0.3 is 0 Å². The number of hydrogen-bond donors (Lipinski definition) is 1. The first-order valence-electron chi connectivity index (χ1n) is 6.35. The van der Waals surface area contributed by atoms with E-state index < -0.39 is 0 Å². The number of nitrogens with zero attached hydrogens (tertiary/aromatic N) is 2. The van der Waals surface area contributed by atoms with E-state index in [4.69, 9.17) is 0 Å². The molecule has 1 aliphatic rings. The van der Waals surface area contributed by atoms with E-state index in [1.165, 1.54) is 30.3 Å². The Kier molecular flexibility index (Phi) is 3.01. The van der Waals surface area contributed by atoms with Crippen LogP contribution in [0.4, 0.5) is 0 Å². The van der Waals surface area contributed by atoms with Gasteiger partial charge in [-0.1, -0.05) is 24.6 Å². The lowest BCUT2D eigenvalue weighted by Crippen LogP contribution is -2.35. The molecule has 1 aromatic heterocycles. The van der Waals surface area contributed by atoms with Crippen LogP contribution in [-0.4, -0.2) is 22.6 Å². The summed E-state index contributed by atoms with van der Waals surface area (Å²) in [6, 6.07) is 8.84. The van der Waals surface area contributed by atoms with Crippen molar-refractivity contribution < 1.29 is 0 Å². The van der Waals surface area contributed by atoms with Crippen molar-refractivity contribution in [3.63, 3.8) is 0 Å². The van der Waals surface area contributed by atoms with Crippen LogP contribution in [-0.2, 0) is 6.42 Å². The summed E-state index contributed by atoms with van der Waals surface area (Å²) in [4.78, 5) is 8.75. The molecule has 0 radical (unpaired) electrons. The van der Waals surface area contributed by atoms with Gasteiger partial charge in [0.05, 0.1) is 11.2 Å². The van der Waals surface area contributed by atoms with Crippen LogP contribution in [0.1, 0.15) is 25.0 Å². The molecule has 0 aliphatic carbocycles. The van der Waals surface area contributed by atoms with Crippen LogP contribution in [0.15, 0.2) is 30.6 Å². The molecule has 1 unspecified atom stereocenters. The van der Waals surface area contributed by atoms with Crippen molar-refractivity contribution in [2.24, 2.45) is 0 Å². The molecule has 1 aliphatic heterocycles. The van der Waals surface area contributed by atoms with Crippen LogP contribution < -0.4 is 5.32 Å². The Hall–Kier alpha value is -1.48. The van der Waals surface area contributed by atoms with Gasteiger partial charge in [-0.15, -0.1) is 0 Å². The van der Waals surface area contributed by atoms with E-state index in [0.717, 1.165) is 18.5 Å². The number of aromatic nitrogens is 2. The van der Waals surface area contributed by atoms with Gasteiger partial charge < -0.3 is 5.32 Å². The number of para-hydroxylation sites is 1. The summed E-state index contributed by atoms with van der Waals surface area (Å²) in [5, 5.41) is 4.77. The summed E-state index contributed by atoms with van der Waals surface area (Å²) in [6.45, 7) is 1.15. The topological polar surface area (TPSA) is 37.8 Å². The second kappa shape index (κ2) is 4.80. The standard InChI is InChI=1S/C14H17N3/c1-2-7-13-12(6-1)14(17-10-16-13)9-11-5-3-4-8-15-11/h1-2,6-7,10-11,15H,3-5,8-9H2. The lowest BCUT2D eigenvalue weighted by atomic mass is 9.99. The van der Waals surface area contributed by atoms with Crippen LogP contribution in [0.2, 0.25) is 0 Å². The van der Waals surface area contributed by atoms with E-state index in [1.807, 2.05) is 6.07 Å². The van der Waals surface area contributed by atoms with E-state index in [0.29, 0.717) is 6.04 Å². The predicted octanol–water partition coefficient (Wildman–Crippen LogP) is 2.31. The summed E-state index contributed by atoms with van der Waals surface area (Å²) >= 11 is 0. The normalized spacial score (nSPS) is 20.6. The van der Waals surface area contributed by atoms with Crippen molar-refractivity contribution >= 4 is 10.9 Å². The maximum absolute atomic E-state index is 4.45. The number of nitrogens with one attached hydrogen (secondary N) is 1. The highest BCUT2D eigenvalue weighted by molar-refractivity contribution is 5.80. The van der Waals surface area contributed by atoms with Gasteiger partial charge in [0.25, 0.3) is 0 Å². The molecular weight excluding hydrogens is 210 g/mol. The molecular formula is C14H17N3. The molecule has 0 spiro atoms. The molecule has 2 aromatic rings. The zero-order valence-electron chi connectivity index (χ0n) is 9.89. The highest BCUT2D eigenvalue weighted by atomic mass is 14.9. The third kappa shape index (κ3) is 2.29. The van der Waals surface area contributed by atoms with Gasteiger partial charge in [0.15, 0.2) is 0 Å². The third-order valence-corrected chi connectivity index (χ3v) is 3.48. The molecule has 0 saturated carbocycles. The minimum absolute atomic E-state index is 0.585. The van der Waals surface area contributed by atoms with E-state index in [1.54, 1.807) is 6.33 Å². The van der Waals surface area contributed by atoms with Crippen LogP contribution >= 0.6 is 0 Å². The van der Waals surface area contributed by atoms with Crippen LogP contribution in [0.25, 0.3) is 10.9 Å². The van der Waals surface area contributed by atoms with Gasteiger partial charge in [-0.3, -0.25) is 0 Å². The number of hydrogen-bond acceptors (Lipinski definition) is 3. The van der Waals surface area contributed by atoms with Crippen molar-refractivity contribution in [3.05, 3.63) is 36.3 Å². The Morgan fingerprint density at radius 1 is 1.18 bits per heavy atom. The minimum Gasteiger partial charge on any atom is -0.314 e. The first-order chi connectivity index (χ1) is 8.43. The summed E-state index contributed by atoms with van der Waals surface area (Å²) in [7, 11) is 0. The fourth-order valence-corrected chi connectivity index (χ4v) is 2.55. The Bertz CT molecular complexity index is 498. The Labute approximate surface area is 101 Å². The lowest BCUT2D eigenvalue weighted by Gasteiger charge is -2.23. The smallest absolute Gasteiger partial charge is 0.116 e. The molecule has 0 bridgehead atoms. The molecule has 3 nitrogen and oxygen atoms in total. The highest BCUT2D eigenvalue weighted by Crippen LogP contribution is 2.18. The van der Waals surface area contributed by atoms with Crippen molar-refractivity contribution in [1.29, 1.82) is 0 Å². The molecule has 1 fully saturated rings. The van der Waals surface area contributed by atoms with Crippen molar-refractivity contribution in [2.75, 3.05) is 6.54 Å². The third-order valence-electron chi connectivity index (χ3n) is 3.48. The molecule has 1 N–H and O–H groups in total. The van der Waals surface area contributed by atoms with Gasteiger partial charge in [0, 0.05) is 17.8 Å². The average Bonchev–Trinajstić information content (AvgIpc) is 2.40. The maximum Gasteiger partial charge on any atom is 0.116 e. The second-order valence-electron chi connectivity index (χ2n) is 4.69. The van der Waals surface area contributed by atoms with Crippen molar-refractivity contribution in [2.45, 2.75) is 31.7 Å². The summed E-state index contributed by atoms with van der Waals surface area (Å²) in [5.41, 5.74) is 2.23. The fraction of sp³-hybridized carbons (Fsp3) is 0.429. The predicted molar refractivity (Wildman–Crippen MR) is 68.9 cm³/mol. The first kappa shape index (κ1) is 10.7. The second-order valence-corrected chi connectivity index (χ2v) is 4.69. The summed E-state index contributed by atoms with van der Waals surface area (Å²) in [6.07, 6.45) is 6.60. The fourth-order valence-electron chi connectivity index (χ4n) is 2.55. The van der Waals surface area contributed by atoms with Crippen molar-refractivity contribution in [3.8, 4) is 0 Å². The van der Waals surface area contributed by atoms with Gasteiger partial charge in [-0.05, 0) is 25.5 Å². The van der Waals surface area contributed by atoms with E-state index >= 15 is 0 Å². The van der Waals surface area contributed by atoms with E-state index in [9.17, 15) is 0 Å². The molecule has 1 saturated heterocycles. The lowest BCUT2D eigenvalue weighted by molar-refractivity contribution is 0.398. The van der Waals surface area contributed by atoms with Crippen LogP contribution in [0, 0.1) is 0 Å². The highest BCUT2D eigenvalue weighted by Gasteiger charge is 2.15. The van der Waals surface area contributed by atoms with E-state index in [2.05, 4.69) is 33.5 Å². The summed E-state index contributed by atoms with van der Waals surface area (Å²) in [5.74, 6) is 0. The number of rotatable bonds is 2. The number of piperidine rings is 1. The van der Waals surface area contributed by atoms with Crippen LogP contribution in [0.5, 0.6) is 0 Å². The summed E-state index contributed by atoms with van der Waals surface area (Å²) < 4.78 is 0. The van der Waals surface area contributed by atoms with E-state index in [-0.39, 0.29) is 0 Å². The molecule has 3 rings (SSSR count). The van der Waals surface area contributed by atoms with Crippen molar-refractivity contribution in [1.82, 2.24) is 15.3 Å². The zero-order chi connectivity index (χ0) is 11.5. The number of benzene rings is 1. The van der Waals surface area contributed by atoms with Gasteiger partial charge in [0.2, 0.25) is 0 Å². The molecule has 17 heavy (non-hydrogen) atoms. The molecule has 1 atom stereocenters. The Morgan fingerprint density at radius 3 is 3.00 bits per heavy atom. The average molecular weight is 227 g/mol. The zero-order valence-corrected chi connectivity index (χ0v) is 9.89. The molecule has 0 amide bonds. The van der Waals surface area contributed by atoms with Gasteiger partial charge in [-0.2, -0.15) is 0 Å². The molecule has 2 heterocycles. The SMILES string of the molecule is c1ccc2c(CC3CCCCN3)ncnc2c1. The molecule has 3 heteroatoms. The Morgan fingerprint density at radius 2 is 2.12 bits per heavy atom. The maximum atomic E-state index is 4.45. The minimum atomic E-state index is 0.585. The largest absolute Gasteiger partial charge is 0.314 e. The van der Waals surface area contributed by atoms with Crippen LogP contribution in [0.3, 0.4) is 0 Å². The molecule has 1 aromatic carbocycles.